The number of hydrogen-bond donors (Lipinski definition) is 0. The Hall–Kier alpha value is -1.45. The molecule has 0 bridgehead atoms. The van der Waals surface area contributed by atoms with Crippen LogP contribution in [0.5, 0.6) is 0 Å². The molecule has 0 radical (unpaired) electrons. The molecule has 0 atom stereocenters. The fraction of sp³-hybridized carbons (Fsp3) is 0.0833. The van der Waals surface area contributed by atoms with E-state index in [-0.39, 0.29) is 0 Å². The molecule has 0 spiro atoms. The van der Waals surface area contributed by atoms with Gasteiger partial charge in [-0.3, -0.25) is 4.79 Å². The van der Waals surface area contributed by atoms with Crippen LogP contribution in [0, 0.1) is 0 Å². The van der Waals surface area contributed by atoms with Gasteiger partial charge in [-0.25, -0.2) is 9.97 Å². The van der Waals surface area contributed by atoms with Gasteiger partial charge in [-0.05, 0) is 17.7 Å². The number of aromatic nitrogens is 2. The van der Waals surface area contributed by atoms with Crippen LogP contribution in [0.15, 0.2) is 30.6 Å². The number of benzene rings is 1. The zero-order chi connectivity index (χ0) is 12.3. The third kappa shape index (κ3) is 3.02. The van der Waals surface area contributed by atoms with E-state index in [0.717, 1.165) is 5.56 Å². The molecule has 0 amide bonds. The molecular formula is C12H8Cl2N2O. The lowest BCUT2D eigenvalue weighted by Gasteiger charge is -2.03. The molecule has 86 valence electrons. The van der Waals surface area contributed by atoms with Crippen LogP contribution in [0.25, 0.3) is 0 Å². The fourth-order valence-corrected chi connectivity index (χ4v) is 1.83. The van der Waals surface area contributed by atoms with Crippen LogP contribution >= 0.6 is 23.2 Å². The van der Waals surface area contributed by atoms with Gasteiger partial charge in [0.25, 0.3) is 0 Å². The lowest BCUT2D eigenvalue weighted by molar-refractivity contribution is 0.112. The highest BCUT2D eigenvalue weighted by atomic mass is 35.5. The van der Waals surface area contributed by atoms with E-state index in [1.165, 1.54) is 12.4 Å². The van der Waals surface area contributed by atoms with Crippen molar-refractivity contribution in [3.8, 4) is 0 Å². The molecule has 1 aromatic carbocycles. The maximum atomic E-state index is 10.5. The molecule has 0 unspecified atom stereocenters. The molecule has 1 heterocycles. The minimum atomic E-state index is 0.455. The second kappa shape index (κ2) is 5.25. The largest absolute Gasteiger partial charge is 0.298 e. The van der Waals surface area contributed by atoms with E-state index < -0.39 is 0 Å². The van der Waals surface area contributed by atoms with E-state index in [0.29, 0.717) is 34.1 Å². The van der Waals surface area contributed by atoms with E-state index in [2.05, 4.69) is 9.97 Å². The van der Waals surface area contributed by atoms with E-state index in [1.807, 2.05) is 6.07 Å². The van der Waals surface area contributed by atoms with E-state index in [1.54, 1.807) is 12.1 Å². The van der Waals surface area contributed by atoms with Gasteiger partial charge in [0.1, 0.15) is 5.82 Å². The van der Waals surface area contributed by atoms with Gasteiger partial charge in [-0.15, -0.1) is 0 Å². The minimum Gasteiger partial charge on any atom is -0.298 e. The van der Waals surface area contributed by atoms with Crippen molar-refractivity contribution < 1.29 is 4.79 Å². The number of halogens is 2. The first-order valence-corrected chi connectivity index (χ1v) is 5.64. The Bertz CT molecular complexity index is 541. The van der Waals surface area contributed by atoms with Crippen molar-refractivity contribution in [2.75, 3.05) is 0 Å². The Morgan fingerprint density at radius 3 is 2.47 bits per heavy atom. The van der Waals surface area contributed by atoms with E-state index in [4.69, 9.17) is 23.2 Å². The number of carbonyl (C=O) groups excluding carboxylic acids is 1. The quantitative estimate of drug-likeness (QED) is 0.802. The number of carbonyl (C=O) groups is 1. The Morgan fingerprint density at radius 1 is 1.18 bits per heavy atom. The summed E-state index contributed by atoms with van der Waals surface area (Å²) < 4.78 is 0. The molecule has 0 N–H and O–H groups in total. The topological polar surface area (TPSA) is 42.9 Å². The van der Waals surface area contributed by atoms with Gasteiger partial charge in [0.15, 0.2) is 6.29 Å². The molecule has 5 heteroatoms. The van der Waals surface area contributed by atoms with E-state index in [9.17, 15) is 4.79 Å². The molecule has 2 rings (SSSR count). The number of hydrogen-bond acceptors (Lipinski definition) is 3. The smallest absolute Gasteiger partial charge is 0.153 e. The Morgan fingerprint density at radius 2 is 1.88 bits per heavy atom. The number of nitrogens with zero attached hydrogens (tertiary/aromatic N) is 2. The summed E-state index contributed by atoms with van der Waals surface area (Å²) in [4.78, 5) is 18.6. The van der Waals surface area contributed by atoms with Gasteiger partial charge in [0.05, 0.1) is 5.56 Å². The van der Waals surface area contributed by atoms with Crippen molar-refractivity contribution in [1.82, 2.24) is 9.97 Å². The second-order valence-corrected chi connectivity index (χ2v) is 4.31. The van der Waals surface area contributed by atoms with Gasteiger partial charge < -0.3 is 0 Å². The maximum Gasteiger partial charge on any atom is 0.153 e. The lowest BCUT2D eigenvalue weighted by atomic mass is 10.1. The SMILES string of the molecule is O=Cc1cnc(Cc2ccc(Cl)cc2Cl)nc1. The third-order valence-electron chi connectivity index (χ3n) is 2.23. The molecule has 0 aliphatic carbocycles. The zero-order valence-electron chi connectivity index (χ0n) is 8.73. The summed E-state index contributed by atoms with van der Waals surface area (Å²) in [5, 5.41) is 1.18. The fourth-order valence-electron chi connectivity index (χ4n) is 1.35. The van der Waals surface area contributed by atoms with Gasteiger partial charge in [0.2, 0.25) is 0 Å². The Kier molecular flexibility index (Phi) is 3.71. The first-order valence-electron chi connectivity index (χ1n) is 4.89. The summed E-state index contributed by atoms with van der Waals surface area (Å²) in [5.74, 6) is 0.611. The van der Waals surface area contributed by atoms with E-state index >= 15 is 0 Å². The predicted octanol–water partition coefficient (Wildman–Crippen LogP) is 3.19. The highest BCUT2D eigenvalue weighted by Crippen LogP contribution is 2.22. The maximum absolute atomic E-state index is 10.5. The number of rotatable bonds is 3. The number of aldehydes is 1. The van der Waals surface area contributed by atoms with Crippen LogP contribution in [-0.2, 0) is 6.42 Å². The first-order chi connectivity index (χ1) is 8.19. The predicted molar refractivity (Wildman–Crippen MR) is 66.7 cm³/mol. The van der Waals surface area contributed by atoms with Crippen molar-refractivity contribution >= 4 is 29.5 Å². The Labute approximate surface area is 108 Å². The normalized spacial score (nSPS) is 10.2. The van der Waals surface area contributed by atoms with Crippen molar-refractivity contribution in [2.45, 2.75) is 6.42 Å². The van der Waals surface area contributed by atoms with Crippen molar-refractivity contribution in [3.05, 3.63) is 57.6 Å². The van der Waals surface area contributed by atoms with Crippen molar-refractivity contribution in [1.29, 1.82) is 0 Å². The van der Waals surface area contributed by atoms with Gasteiger partial charge >= 0.3 is 0 Å². The molecule has 3 nitrogen and oxygen atoms in total. The summed E-state index contributed by atoms with van der Waals surface area (Å²) in [6, 6.07) is 5.28. The Balaban J connectivity index is 2.22. The van der Waals surface area contributed by atoms with Crippen LogP contribution in [-0.4, -0.2) is 16.3 Å². The first kappa shape index (κ1) is 12.0. The van der Waals surface area contributed by atoms with Crippen LogP contribution in [0.4, 0.5) is 0 Å². The van der Waals surface area contributed by atoms with Crippen LogP contribution < -0.4 is 0 Å². The standard InChI is InChI=1S/C12H8Cl2N2O/c13-10-2-1-9(11(14)4-10)3-12-15-5-8(7-17)6-16-12/h1-2,4-7H,3H2. The summed E-state index contributed by atoms with van der Waals surface area (Å²) in [6.07, 6.45) is 4.19. The van der Waals surface area contributed by atoms with Gasteiger partial charge in [-0.2, -0.15) is 0 Å². The van der Waals surface area contributed by atoms with Crippen LogP contribution in [0.3, 0.4) is 0 Å². The van der Waals surface area contributed by atoms with Crippen LogP contribution in [0.2, 0.25) is 10.0 Å². The average Bonchev–Trinajstić information content (AvgIpc) is 2.34. The molecule has 0 saturated carbocycles. The van der Waals surface area contributed by atoms with Gasteiger partial charge in [-0.1, -0.05) is 29.3 Å². The molecule has 17 heavy (non-hydrogen) atoms. The highest BCUT2D eigenvalue weighted by Gasteiger charge is 2.04. The highest BCUT2D eigenvalue weighted by molar-refractivity contribution is 6.35. The third-order valence-corrected chi connectivity index (χ3v) is 2.81. The molecule has 0 fully saturated rings. The molecule has 0 saturated heterocycles. The monoisotopic (exact) mass is 266 g/mol. The molecule has 1 aromatic heterocycles. The molecule has 0 aliphatic rings. The molecular weight excluding hydrogens is 259 g/mol. The summed E-state index contributed by atoms with van der Waals surface area (Å²) in [7, 11) is 0. The van der Waals surface area contributed by atoms with Gasteiger partial charge in [0, 0.05) is 28.9 Å². The zero-order valence-corrected chi connectivity index (χ0v) is 10.2. The average molecular weight is 267 g/mol. The molecule has 2 aromatic rings. The summed E-state index contributed by atoms with van der Waals surface area (Å²) >= 11 is 11.8. The lowest BCUT2D eigenvalue weighted by Crippen LogP contribution is -1.98. The summed E-state index contributed by atoms with van der Waals surface area (Å²) in [6.45, 7) is 0. The van der Waals surface area contributed by atoms with Crippen LogP contribution in [0.1, 0.15) is 21.7 Å². The second-order valence-electron chi connectivity index (χ2n) is 3.46. The summed E-state index contributed by atoms with van der Waals surface area (Å²) in [5.41, 5.74) is 1.35. The van der Waals surface area contributed by atoms with Crippen molar-refractivity contribution in [3.63, 3.8) is 0 Å². The van der Waals surface area contributed by atoms with Crippen molar-refractivity contribution in [2.24, 2.45) is 0 Å². The minimum absolute atomic E-state index is 0.455. The molecule has 0 aliphatic heterocycles.